The summed E-state index contributed by atoms with van der Waals surface area (Å²) < 4.78 is 5.19. The first-order valence-corrected chi connectivity index (χ1v) is 9.37. The van der Waals surface area contributed by atoms with Crippen molar-refractivity contribution >= 4 is 5.96 Å². The predicted molar refractivity (Wildman–Crippen MR) is 105 cm³/mol. The Labute approximate surface area is 152 Å². The Morgan fingerprint density at radius 1 is 1.20 bits per heavy atom. The van der Waals surface area contributed by atoms with Gasteiger partial charge in [0.15, 0.2) is 5.96 Å². The van der Waals surface area contributed by atoms with Gasteiger partial charge in [-0.3, -0.25) is 4.99 Å². The van der Waals surface area contributed by atoms with Crippen molar-refractivity contribution < 1.29 is 4.74 Å². The molecule has 140 valence electrons. The molecule has 0 heterocycles. The summed E-state index contributed by atoms with van der Waals surface area (Å²) in [6, 6.07) is 11.2. The Balaban J connectivity index is 1.95. The minimum atomic E-state index is 0.122. The molecule has 2 atom stereocenters. The van der Waals surface area contributed by atoms with Gasteiger partial charge in [0, 0.05) is 38.3 Å². The Morgan fingerprint density at radius 2 is 1.88 bits per heavy atom. The van der Waals surface area contributed by atoms with E-state index in [0.717, 1.165) is 12.5 Å². The highest BCUT2D eigenvalue weighted by Crippen LogP contribution is 2.31. The number of hydrogen-bond acceptors (Lipinski definition) is 3. The number of hydrogen-bond donors (Lipinski definition) is 3. The van der Waals surface area contributed by atoms with E-state index in [2.05, 4.69) is 65.1 Å². The zero-order valence-corrected chi connectivity index (χ0v) is 16.1. The van der Waals surface area contributed by atoms with E-state index in [1.54, 1.807) is 7.11 Å². The first kappa shape index (κ1) is 19.7. The number of guanidine groups is 1. The van der Waals surface area contributed by atoms with E-state index in [1.807, 2.05) is 7.05 Å². The Hall–Kier alpha value is -1.59. The van der Waals surface area contributed by atoms with Gasteiger partial charge in [0.1, 0.15) is 0 Å². The first-order chi connectivity index (χ1) is 12.1. The molecule has 0 spiro atoms. The number of nitrogens with zero attached hydrogens (tertiary/aromatic N) is 1. The molecular weight excluding hydrogens is 312 g/mol. The predicted octanol–water partition coefficient (Wildman–Crippen LogP) is 2.85. The summed E-state index contributed by atoms with van der Waals surface area (Å²) in [6.07, 6.45) is 4.95. The second kappa shape index (κ2) is 9.78. The molecule has 0 radical (unpaired) electrons. The van der Waals surface area contributed by atoms with Crippen LogP contribution in [0.2, 0.25) is 0 Å². The molecule has 2 rings (SSSR count). The van der Waals surface area contributed by atoms with E-state index in [4.69, 9.17) is 4.74 Å². The molecule has 2 unspecified atom stereocenters. The molecule has 0 bridgehead atoms. The summed E-state index contributed by atoms with van der Waals surface area (Å²) in [5, 5.41) is 10.8. The third kappa shape index (κ3) is 6.01. The molecule has 1 fully saturated rings. The van der Waals surface area contributed by atoms with Crippen LogP contribution >= 0.6 is 0 Å². The summed E-state index contributed by atoms with van der Waals surface area (Å²) in [4.78, 5) is 4.35. The van der Waals surface area contributed by atoms with Crippen LogP contribution in [0.5, 0.6) is 0 Å². The van der Waals surface area contributed by atoms with Crippen LogP contribution in [0.3, 0.4) is 0 Å². The van der Waals surface area contributed by atoms with Crippen LogP contribution in [0, 0.1) is 0 Å². The molecule has 1 aromatic rings. The van der Waals surface area contributed by atoms with Gasteiger partial charge < -0.3 is 20.7 Å². The van der Waals surface area contributed by atoms with Crippen LogP contribution in [0.1, 0.15) is 51.1 Å². The lowest BCUT2D eigenvalue weighted by molar-refractivity contribution is 0.178. The number of rotatable bonds is 8. The van der Waals surface area contributed by atoms with E-state index in [1.165, 1.54) is 31.2 Å². The van der Waals surface area contributed by atoms with Gasteiger partial charge in [-0.25, -0.2) is 0 Å². The van der Waals surface area contributed by atoms with Crippen molar-refractivity contribution in [2.45, 2.75) is 57.2 Å². The highest BCUT2D eigenvalue weighted by atomic mass is 16.5. The van der Waals surface area contributed by atoms with Crippen molar-refractivity contribution in [2.24, 2.45) is 4.99 Å². The van der Waals surface area contributed by atoms with Crippen LogP contribution in [0.4, 0.5) is 0 Å². The highest BCUT2D eigenvalue weighted by Gasteiger charge is 2.35. The molecule has 5 heteroatoms. The maximum absolute atomic E-state index is 5.19. The SMILES string of the molecule is CN=C(NCC1(NC(C)c2ccccc2)CCCC1)NC(C)COC. The molecule has 1 aromatic carbocycles. The van der Waals surface area contributed by atoms with Crippen molar-refractivity contribution in [3.05, 3.63) is 35.9 Å². The minimum Gasteiger partial charge on any atom is -0.383 e. The van der Waals surface area contributed by atoms with Crippen LogP contribution in [0.15, 0.2) is 35.3 Å². The molecule has 3 N–H and O–H groups in total. The smallest absolute Gasteiger partial charge is 0.191 e. The molecular formula is C20H34N4O. The number of aliphatic imine (C=N–C) groups is 1. The van der Waals surface area contributed by atoms with Crippen molar-refractivity contribution in [3.8, 4) is 0 Å². The van der Waals surface area contributed by atoms with Gasteiger partial charge in [0.25, 0.3) is 0 Å². The Bertz CT molecular complexity index is 526. The fraction of sp³-hybridized carbons (Fsp3) is 0.650. The molecule has 0 aromatic heterocycles. The fourth-order valence-corrected chi connectivity index (χ4v) is 3.68. The molecule has 1 saturated carbocycles. The lowest BCUT2D eigenvalue weighted by Crippen LogP contribution is -2.55. The first-order valence-electron chi connectivity index (χ1n) is 9.37. The van der Waals surface area contributed by atoms with E-state index >= 15 is 0 Å². The highest BCUT2D eigenvalue weighted by molar-refractivity contribution is 5.80. The van der Waals surface area contributed by atoms with Gasteiger partial charge in [-0.05, 0) is 32.3 Å². The molecule has 25 heavy (non-hydrogen) atoms. The van der Waals surface area contributed by atoms with Crippen molar-refractivity contribution in [2.75, 3.05) is 27.3 Å². The second-order valence-electron chi connectivity index (χ2n) is 7.19. The van der Waals surface area contributed by atoms with Gasteiger partial charge in [-0.1, -0.05) is 43.2 Å². The van der Waals surface area contributed by atoms with E-state index in [0.29, 0.717) is 12.6 Å². The van der Waals surface area contributed by atoms with Crippen molar-refractivity contribution in [3.63, 3.8) is 0 Å². The third-order valence-corrected chi connectivity index (χ3v) is 5.00. The van der Waals surface area contributed by atoms with Crippen LogP contribution in [0.25, 0.3) is 0 Å². The number of benzene rings is 1. The Morgan fingerprint density at radius 3 is 2.48 bits per heavy atom. The van der Waals surface area contributed by atoms with E-state index < -0.39 is 0 Å². The zero-order chi connectivity index (χ0) is 18.1. The third-order valence-electron chi connectivity index (χ3n) is 5.00. The zero-order valence-electron chi connectivity index (χ0n) is 16.1. The van der Waals surface area contributed by atoms with Crippen LogP contribution in [-0.2, 0) is 4.74 Å². The fourth-order valence-electron chi connectivity index (χ4n) is 3.68. The quantitative estimate of drug-likeness (QED) is 0.500. The number of methoxy groups -OCH3 is 1. The maximum Gasteiger partial charge on any atom is 0.191 e. The Kier molecular flexibility index (Phi) is 7.72. The van der Waals surface area contributed by atoms with Gasteiger partial charge >= 0.3 is 0 Å². The van der Waals surface area contributed by atoms with Gasteiger partial charge in [-0.15, -0.1) is 0 Å². The largest absolute Gasteiger partial charge is 0.383 e. The van der Waals surface area contributed by atoms with Gasteiger partial charge in [0.2, 0.25) is 0 Å². The molecule has 1 aliphatic carbocycles. The summed E-state index contributed by atoms with van der Waals surface area (Å²) in [5.74, 6) is 0.838. The minimum absolute atomic E-state index is 0.122. The van der Waals surface area contributed by atoms with E-state index in [9.17, 15) is 0 Å². The van der Waals surface area contributed by atoms with Crippen molar-refractivity contribution in [1.29, 1.82) is 0 Å². The topological polar surface area (TPSA) is 57.7 Å². The lowest BCUT2D eigenvalue weighted by atomic mass is 9.94. The molecule has 0 amide bonds. The summed E-state index contributed by atoms with van der Waals surface area (Å²) in [7, 11) is 3.53. The summed E-state index contributed by atoms with van der Waals surface area (Å²) in [5.41, 5.74) is 1.46. The standard InChI is InChI=1S/C20H34N4O/c1-16(14-25-4)23-19(21-3)22-15-20(12-8-9-13-20)24-17(2)18-10-6-5-7-11-18/h5-7,10-11,16-17,24H,8-9,12-15H2,1-4H3,(H2,21,22,23). The van der Waals surface area contributed by atoms with Crippen molar-refractivity contribution in [1.82, 2.24) is 16.0 Å². The van der Waals surface area contributed by atoms with Gasteiger partial charge in [-0.2, -0.15) is 0 Å². The second-order valence-corrected chi connectivity index (χ2v) is 7.19. The summed E-state index contributed by atoms with van der Waals surface area (Å²) in [6.45, 7) is 5.89. The average molecular weight is 347 g/mol. The summed E-state index contributed by atoms with van der Waals surface area (Å²) >= 11 is 0. The molecule has 0 aliphatic heterocycles. The lowest BCUT2D eigenvalue weighted by Gasteiger charge is -2.35. The number of ether oxygens (including phenoxy) is 1. The van der Waals surface area contributed by atoms with Crippen LogP contribution in [-0.4, -0.2) is 44.8 Å². The monoisotopic (exact) mass is 346 g/mol. The average Bonchev–Trinajstić information content (AvgIpc) is 3.08. The van der Waals surface area contributed by atoms with Gasteiger partial charge in [0.05, 0.1) is 6.61 Å². The molecule has 1 aliphatic rings. The molecule has 5 nitrogen and oxygen atoms in total. The maximum atomic E-state index is 5.19. The number of nitrogens with one attached hydrogen (secondary N) is 3. The molecule has 0 saturated heterocycles. The van der Waals surface area contributed by atoms with Crippen LogP contribution < -0.4 is 16.0 Å². The normalized spacial score (nSPS) is 19.4. The van der Waals surface area contributed by atoms with E-state index in [-0.39, 0.29) is 11.6 Å².